The molecule has 1 saturated heterocycles. The second-order valence-electron chi connectivity index (χ2n) is 5.00. The standard InChI is InChI=1S/C14H20N4/c1-10-7-11(2)17-14(13(10)8-15)18(3)12-5-4-6-16-9-12/h7,12,16H,4-6,9H2,1-3H3. The fourth-order valence-electron chi connectivity index (χ4n) is 2.55. The van der Waals surface area contributed by atoms with Gasteiger partial charge in [-0.05, 0) is 44.9 Å². The highest BCUT2D eigenvalue weighted by Crippen LogP contribution is 2.24. The van der Waals surface area contributed by atoms with Crippen LogP contribution in [0.2, 0.25) is 0 Å². The summed E-state index contributed by atoms with van der Waals surface area (Å²) in [7, 11) is 2.04. The summed E-state index contributed by atoms with van der Waals surface area (Å²) in [5.41, 5.74) is 2.68. The number of anilines is 1. The van der Waals surface area contributed by atoms with Crippen molar-refractivity contribution in [3.63, 3.8) is 0 Å². The summed E-state index contributed by atoms with van der Waals surface area (Å²) in [6.07, 6.45) is 2.34. The predicted octanol–water partition coefficient (Wildman–Crippen LogP) is 1.76. The maximum absolute atomic E-state index is 9.31. The Kier molecular flexibility index (Phi) is 3.83. The summed E-state index contributed by atoms with van der Waals surface area (Å²) in [5, 5.41) is 12.7. The molecule has 0 aliphatic carbocycles. The zero-order valence-electron chi connectivity index (χ0n) is 11.3. The van der Waals surface area contributed by atoms with Gasteiger partial charge in [-0.25, -0.2) is 4.98 Å². The first kappa shape index (κ1) is 12.8. The maximum atomic E-state index is 9.31. The van der Waals surface area contributed by atoms with Gasteiger partial charge in [0.15, 0.2) is 0 Å². The topological polar surface area (TPSA) is 52.0 Å². The molecule has 0 amide bonds. The minimum Gasteiger partial charge on any atom is -0.354 e. The van der Waals surface area contributed by atoms with Crippen molar-refractivity contribution < 1.29 is 0 Å². The van der Waals surface area contributed by atoms with Crippen molar-refractivity contribution in [2.75, 3.05) is 25.0 Å². The summed E-state index contributed by atoms with van der Waals surface area (Å²) in [4.78, 5) is 6.71. The molecule has 0 aromatic carbocycles. The second kappa shape index (κ2) is 5.36. The average Bonchev–Trinajstić information content (AvgIpc) is 2.38. The molecule has 1 aromatic heterocycles. The van der Waals surface area contributed by atoms with Gasteiger partial charge in [-0.1, -0.05) is 0 Å². The van der Waals surface area contributed by atoms with Gasteiger partial charge < -0.3 is 10.2 Å². The van der Waals surface area contributed by atoms with Crippen LogP contribution < -0.4 is 10.2 Å². The fraction of sp³-hybridized carbons (Fsp3) is 0.571. The number of rotatable bonds is 2. The Morgan fingerprint density at radius 3 is 2.89 bits per heavy atom. The Labute approximate surface area is 109 Å². The minimum atomic E-state index is 0.430. The van der Waals surface area contributed by atoms with Gasteiger partial charge >= 0.3 is 0 Å². The van der Waals surface area contributed by atoms with Gasteiger partial charge in [-0.15, -0.1) is 0 Å². The molecule has 2 rings (SSSR count). The lowest BCUT2D eigenvalue weighted by molar-refractivity contribution is 0.443. The lowest BCUT2D eigenvalue weighted by atomic mass is 10.0. The highest BCUT2D eigenvalue weighted by atomic mass is 15.2. The van der Waals surface area contributed by atoms with E-state index in [0.29, 0.717) is 11.6 Å². The third-order valence-corrected chi connectivity index (χ3v) is 3.59. The van der Waals surface area contributed by atoms with E-state index in [1.807, 2.05) is 27.0 Å². The van der Waals surface area contributed by atoms with Crippen LogP contribution in [0, 0.1) is 25.2 Å². The predicted molar refractivity (Wildman–Crippen MR) is 72.7 cm³/mol. The summed E-state index contributed by atoms with van der Waals surface area (Å²) < 4.78 is 0. The molecule has 0 spiro atoms. The summed E-state index contributed by atoms with van der Waals surface area (Å²) in [6.45, 7) is 6.01. The van der Waals surface area contributed by atoms with E-state index in [1.54, 1.807) is 0 Å². The van der Waals surface area contributed by atoms with Gasteiger partial charge in [-0.2, -0.15) is 5.26 Å². The smallest absolute Gasteiger partial charge is 0.147 e. The number of nitrogens with one attached hydrogen (secondary N) is 1. The van der Waals surface area contributed by atoms with Crippen molar-refractivity contribution >= 4 is 5.82 Å². The van der Waals surface area contributed by atoms with Crippen molar-refractivity contribution in [2.24, 2.45) is 0 Å². The van der Waals surface area contributed by atoms with Gasteiger partial charge in [0.05, 0.1) is 5.56 Å². The zero-order valence-corrected chi connectivity index (χ0v) is 11.3. The molecular weight excluding hydrogens is 224 g/mol. The Bertz CT molecular complexity index is 469. The van der Waals surface area contributed by atoms with Gasteiger partial charge in [-0.3, -0.25) is 0 Å². The van der Waals surface area contributed by atoms with Crippen LogP contribution in [0.3, 0.4) is 0 Å². The molecule has 1 unspecified atom stereocenters. The fourth-order valence-corrected chi connectivity index (χ4v) is 2.55. The Morgan fingerprint density at radius 2 is 2.28 bits per heavy atom. The number of aromatic nitrogens is 1. The van der Waals surface area contributed by atoms with Gasteiger partial charge in [0.25, 0.3) is 0 Å². The molecule has 18 heavy (non-hydrogen) atoms. The van der Waals surface area contributed by atoms with E-state index in [-0.39, 0.29) is 0 Å². The summed E-state index contributed by atoms with van der Waals surface area (Å²) in [6, 6.07) is 4.68. The first-order valence-electron chi connectivity index (χ1n) is 6.45. The molecule has 1 aromatic rings. The summed E-state index contributed by atoms with van der Waals surface area (Å²) >= 11 is 0. The van der Waals surface area contributed by atoms with Crippen molar-refractivity contribution in [2.45, 2.75) is 32.7 Å². The maximum Gasteiger partial charge on any atom is 0.147 e. The van der Waals surface area contributed by atoms with E-state index in [4.69, 9.17) is 0 Å². The van der Waals surface area contributed by atoms with Gasteiger partial charge in [0, 0.05) is 25.3 Å². The number of aryl methyl sites for hydroxylation is 2. The molecule has 1 aliphatic rings. The van der Waals surface area contributed by atoms with Crippen LogP contribution in [0.4, 0.5) is 5.82 Å². The van der Waals surface area contributed by atoms with Crippen LogP contribution in [0.15, 0.2) is 6.07 Å². The molecule has 1 aliphatic heterocycles. The number of piperidine rings is 1. The van der Waals surface area contributed by atoms with Crippen LogP contribution in [0.25, 0.3) is 0 Å². The Hall–Kier alpha value is -1.60. The SMILES string of the molecule is Cc1cc(C)c(C#N)c(N(C)C2CCCNC2)n1. The number of pyridine rings is 1. The monoisotopic (exact) mass is 244 g/mol. The third-order valence-electron chi connectivity index (χ3n) is 3.59. The van der Waals surface area contributed by atoms with Crippen molar-refractivity contribution in [1.82, 2.24) is 10.3 Å². The lowest BCUT2D eigenvalue weighted by Crippen LogP contribution is -2.44. The van der Waals surface area contributed by atoms with E-state index in [2.05, 4.69) is 21.3 Å². The first-order valence-corrected chi connectivity index (χ1v) is 6.45. The highest BCUT2D eigenvalue weighted by Gasteiger charge is 2.22. The van der Waals surface area contributed by atoms with Gasteiger partial charge in [0.2, 0.25) is 0 Å². The molecule has 0 radical (unpaired) electrons. The molecule has 1 atom stereocenters. The number of nitrogens with zero attached hydrogens (tertiary/aromatic N) is 3. The number of likely N-dealkylation sites (N-methyl/N-ethyl adjacent to an activating group) is 1. The van der Waals surface area contributed by atoms with E-state index in [0.717, 1.165) is 36.6 Å². The number of nitriles is 1. The number of hydrogen-bond donors (Lipinski definition) is 1. The molecule has 1 fully saturated rings. The van der Waals surface area contributed by atoms with Crippen LogP contribution in [-0.2, 0) is 0 Å². The Morgan fingerprint density at radius 1 is 1.50 bits per heavy atom. The van der Waals surface area contributed by atoms with Crippen LogP contribution in [0.5, 0.6) is 0 Å². The van der Waals surface area contributed by atoms with Crippen LogP contribution >= 0.6 is 0 Å². The molecule has 4 nitrogen and oxygen atoms in total. The molecule has 2 heterocycles. The van der Waals surface area contributed by atoms with E-state index in [9.17, 15) is 5.26 Å². The molecule has 1 N–H and O–H groups in total. The van der Waals surface area contributed by atoms with Crippen LogP contribution in [-0.4, -0.2) is 31.2 Å². The quantitative estimate of drug-likeness (QED) is 0.861. The minimum absolute atomic E-state index is 0.430. The Balaban J connectivity index is 2.34. The highest BCUT2D eigenvalue weighted by molar-refractivity contribution is 5.58. The van der Waals surface area contributed by atoms with Crippen molar-refractivity contribution in [1.29, 1.82) is 5.26 Å². The molecule has 4 heteroatoms. The first-order chi connectivity index (χ1) is 8.63. The zero-order chi connectivity index (χ0) is 13.1. The number of hydrogen-bond acceptors (Lipinski definition) is 4. The second-order valence-corrected chi connectivity index (χ2v) is 5.00. The lowest BCUT2D eigenvalue weighted by Gasteiger charge is -2.33. The van der Waals surface area contributed by atoms with E-state index in [1.165, 1.54) is 6.42 Å². The van der Waals surface area contributed by atoms with Crippen molar-refractivity contribution in [3.05, 3.63) is 22.9 Å². The largest absolute Gasteiger partial charge is 0.354 e. The summed E-state index contributed by atoms with van der Waals surface area (Å²) in [5.74, 6) is 0.823. The molecule has 0 bridgehead atoms. The van der Waals surface area contributed by atoms with Crippen LogP contribution in [0.1, 0.15) is 29.7 Å². The molecular formula is C14H20N4. The van der Waals surface area contributed by atoms with Gasteiger partial charge in [0.1, 0.15) is 11.9 Å². The molecule has 0 saturated carbocycles. The normalized spacial score (nSPS) is 19.3. The molecule has 96 valence electrons. The van der Waals surface area contributed by atoms with E-state index >= 15 is 0 Å². The third kappa shape index (κ3) is 2.46. The van der Waals surface area contributed by atoms with E-state index < -0.39 is 0 Å². The average molecular weight is 244 g/mol. The van der Waals surface area contributed by atoms with Crippen molar-refractivity contribution in [3.8, 4) is 6.07 Å².